The maximum Gasteiger partial charge on any atom is 0.294 e. The predicted octanol–water partition coefficient (Wildman–Crippen LogP) is -1.34. The Kier molecular flexibility index (Phi) is 6.22. The Labute approximate surface area is 171 Å². The van der Waals surface area contributed by atoms with Crippen LogP contribution in [0.1, 0.15) is 21.7 Å². The number of nitrogens with two attached hydrogens (primary N) is 1. The first kappa shape index (κ1) is 20.7. The van der Waals surface area contributed by atoms with Crippen LogP contribution in [0.4, 0.5) is 5.82 Å². The highest BCUT2D eigenvalue weighted by molar-refractivity contribution is 5.94. The highest BCUT2D eigenvalue weighted by Gasteiger charge is 2.25. The second-order valence-electron chi connectivity index (χ2n) is 6.47. The lowest BCUT2D eigenvalue weighted by Crippen LogP contribution is -3.04. The molecule has 3 aromatic rings. The van der Waals surface area contributed by atoms with Gasteiger partial charge in [-0.25, -0.2) is 10.1 Å². The summed E-state index contributed by atoms with van der Waals surface area (Å²) in [6, 6.07) is 5.24. The molecule has 0 unspecified atom stereocenters. The van der Waals surface area contributed by atoms with Gasteiger partial charge in [-0.1, -0.05) is 5.21 Å². The summed E-state index contributed by atoms with van der Waals surface area (Å²) in [6.45, 7) is 0.418. The van der Waals surface area contributed by atoms with E-state index in [0.29, 0.717) is 29.3 Å². The maximum atomic E-state index is 12.6. The Morgan fingerprint density at radius 2 is 2.07 bits per heavy atom. The summed E-state index contributed by atoms with van der Waals surface area (Å²) in [7, 11) is 6.92. The molecular formula is C17H22N9O4+. The summed E-state index contributed by atoms with van der Waals surface area (Å²) in [6.07, 6.45) is 1.47. The molecule has 0 bridgehead atoms. The number of hydrogen-bond donors (Lipinski definition) is 3. The number of carbonyl (C=O) groups is 1. The average Bonchev–Trinajstić information content (AvgIpc) is 3.33. The Morgan fingerprint density at radius 1 is 1.30 bits per heavy atom. The molecule has 0 atom stereocenters. The van der Waals surface area contributed by atoms with E-state index in [2.05, 4.69) is 35.8 Å². The fourth-order valence-corrected chi connectivity index (χ4v) is 2.63. The number of nitrogen functional groups attached to an aromatic ring is 1. The zero-order valence-corrected chi connectivity index (χ0v) is 16.9. The molecule has 158 valence electrons. The van der Waals surface area contributed by atoms with Crippen molar-refractivity contribution in [3.63, 3.8) is 0 Å². The average molecular weight is 416 g/mol. The van der Waals surface area contributed by atoms with Crippen molar-refractivity contribution in [3.05, 3.63) is 35.2 Å². The summed E-state index contributed by atoms with van der Waals surface area (Å²) < 4.78 is 16.4. The van der Waals surface area contributed by atoms with Crippen LogP contribution in [0.15, 0.2) is 27.9 Å². The van der Waals surface area contributed by atoms with E-state index in [1.165, 1.54) is 18.0 Å². The first-order chi connectivity index (χ1) is 14.4. The van der Waals surface area contributed by atoms with Crippen LogP contribution in [-0.4, -0.2) is 65.7 Å². The molecule has 2 aromatic heterocycles. The SMILES string of the molecule is COc1ccc(/C=N\NC(=O)c2nnn(-c3nonc3N)c2C[NH+](C)C)cc1OC. The van der Waals surface area contributed by atoms with E-state index in [1.807, 2.05) is 14.1 Å². The van der Waals surface area contributed by atoms with Crippen LogP contribution in [0.2, 0.25) is 0 Å². The second-order valence-corrected chi connectivity index (χ2v) is 6.47. The lowest BCUT2D eigenvalue weighted by molar-refractivity contribution is -0.873. The highest BCUT2D eigenvalue weighted by Crippen LogP contribution is 2.26. The van der Waals surface area contributed by atoms with Crippen LogP contribution in [0, 0.1) is 0 Å². The number of anilines is 1. The van der Waals surface area contributed by atoms with Crippen molar-refractivity contribution in [1.82, 2.24) is 30.7 Å². The molecule has 1 aromatic carbocycles. The van der Waals surface area contributed by atoms with Crippen LogP contribution < -0.4 is 25.5 Å². The Balaban J connectivity index is 1.81. The Bertz CT molecular complexity index is 1060. The van der Waals surface area contributed by atoms with Gasteiger partial charge in [0.2, 0.25) is 11.6 Å². The molecule has 2 heterocycles. The van der Waals surface area contributed by atoms with Gasteiger partial charge in [-0.3, -0.25) is 4.79 Å². The normalized spacial score (nSPS) is 11.2. The molecule has 0 fully saturated rings. The standard InChI is InChI=1S/C17H21N9O4/c1-25(2)9-11-14(20-24-26(11)16-15(18)22-30-23-16)17(27)21-19-8-10-5-6-12(28-3)13(7-10)29-4/h5-8H,9H2,1-4H3,(H2,18,22)(H,21,27)/p+1/b19-8-. The summed E-state index contributed by atoms with van der Waals surface area (Å²) in [5, 5.41) is 19.2. The van der Waals surface area contributed by atoms with Gasteiger partial charge >= 0.3 is 0 Å². The van der Waals surface area contributed by atoms with E-state index < -0.39 is 5.91 Å². The number of nitrogens with one attached hydrogen (secondary N) is 2. The van der Waals surface area contributed by atoms with Crippen molar-refractivity contribution in [3.8, 4) is 17.3 Å². The van der Waals surface area contributed by atoms with Crippen molar-refractivity contribution in [2.45, 2.75) is 6.54 Å². The number of methoxy groups -OCH3 is 2. The van der Waals surface area contributed by atoms with Crippen molar-refractivity contribution in [1.29, 1.82) is 0 Å². The largest absolute Gasteiger partial charge is 0.493 e. The van der Waals surface area contributed by atoms with E-state index in [-0.39, 0.29) is 17.3 Å². The van der Waals surface area contributed by atoms with Crippen molar-refractivity contribution in [2.24, 2.45) is 5.10 Å². The summed E-state index contributed by atoms with van der Waals surface area (Å²) in [5.74, 6) is 0.794. The predicted molar refractivity (Wildman–Crippen MR) is 105 cm³/mol. The van der Waals surface area contributed by atoms with Crippen LogP contribution in [0.25, 0.3) is 5.82 Å². The zero-order valence-electron chi connectivity index (χ0n) is 16.9. The number of ether oxygens (including phenoxy) is 2. The minimum absolute atomic E-state index is 0.0355. The van der Waals surface area contributed by atoms with Gasteiger partial charge in [0.05, 0.1) is 34.5 Å². The molecule has 3 rings (SSSR count). The van der Waals surface area contributed by atoms with Gasteiger partial charge in [0.1, 0.15) is 12.2 Å². The lowest BCUT2D eigenvalue weighted by atomic mass is 10.2. The van der Waals surface area contributed by atoms with E-state index in [0.717, 1.165) is 4.90 Å². The third kappa shape index (κ3) is 4.35. The fraction of sp³-hybridized carbons (Fsp3) is 0.294. The van der Waals surface area contributed by atoms with Crippen molar-refractivity contribution in [2.75, 3.05) is 34.0 Å². The number of carbonyl (C=O) groups excluding carboxylic acids is 1. The molecule has 1 amide bonds. The van der Waals surface area contributed by atoms with Crippen molar-refractivity contribution < 1.29 is 23.8 Å². The molecule has 4 N–H and O–H groups in total. The molecule has 0 aliphatic rings. The van der Waals surface area contributed by atoms with E-state index in [9.17, 15) is 4.79 Å². The molecule has 0 aliphatic heterocycles. The minimum atomic E-state index is -0.538. The third-order valence-corrected chi connectivity index (χ3v) is 3.98. The van der Waals surface area contributed by atoms with E-state index in [4.69, 9.17) is 15.2 Å². The molecule has 0 saturated carbocycles. The van der Waals surface area contributed by atoms with Gasteiger partial charge in [-0.05, 0) is 34.1 Å². The number of hydrazone groups is 1. The quantitative estimate of drug-likeness (QED) is 0.298. The number of quaternary nitrogens is 1. The smallest absolute Gasteiger partial charge is 0.294 e. The van der Waals surface area contributed by atoms with Gasteiger partial charge in [-0.15, -0.1) is 5.10 Å². The van der Waals surface area contributed by atoms with Gasteiger partial charge in [0.15, 0.2) is 17.2 Å². The molecule has 0 saturated heterocycles. The number of benzene rings is 1. The highest BCUT2D eigenvalue weighted by atomic mass is 16.6. The summed E-state index contributed by atoms with van der Waals surface area (Å²) in [4.78, 5) is 13.7. The van der Waals surface area contributed by atoms with Crippen LogP contribution in [0.5, 0.6) is 11.5 Å². The zero-order chi connectivity index (χ0) is 21.7. The summed E-state index contributed by atoms with van der Waals surface area (Å²) in [5.41, 5.74) is 9.46. The number of rotatable bonds is 8. The maximum absolute atomic E-state index is 12.6. The topological polar surface area (TPSA) is 160 Å². The molecule has 30 heavy (non-hydrogen) atoms. The molecule has 0 radical (unpaired) electrons. The Hall–Kier alpha value is -4.00. The van der Waals surface area contributed by atoms with Crippen molar-refractivity contribution >= 4 is 17.9 Å². The molecule has 0 aliphatic carbocycles. The number of amides is 1. The lowest BCUT2D eigenvalue weighted by Gasteiger charge is -2.09. The van der Waals surface area contributed by atoms with E-state index in [1.54, 1.807) is 25.3 Å². The fourth-order valence-electron chi connectivity index (χ4n) is 2.63. The first-order valence-corrected chi connectivity index (χ1v) is 8.82. The first-order valence-electron chi connectivity index (χ1n) is 8.82. The number of aromatic nitrogens is 5. The van der Waals surface area contributed by atoms with Gasteiger partial charge < -0.3 is 20.1 Å². The Morgan fingerprint density at radius 3 is 2.70 bits per heavy atom. The van der Waals surface area contributed by atoms with Gasteiger partial charge in [0, 0.05) is 0 Å². The van der Waals surface area contributed by atoms with Gasteiger partial charge in [-0.2, -0.15) is 9.78 Å². The van der Waals surface area contributed by atoms with Crippen LogP contribution >= 0.6 is 0 Å². The van der Waals surface area contributed by atoms with Gasteiger partial charge in [0.25, 0.3) is 5.91 Å². The molecular weight excluding hydrogens is 394 g/mol. The molecule has 0 spiro atoms. The minimum Gasteiger partial charge on any atom is -0.493 e. The number of nitrogens with zero attached hydrogens (tertiary/aromatic N) is 6. The van der Waals surface area contributed by atoms with Crippen LogP contribution in [-0.2, 0) is 6.54 Å². The second kappa shape index (κ2) is 9.00. The number of hydrogen-bond acceptors (Lipinski definition) is 10. The summed E-state index contributed by atoms with van der Waals surface area (Å²) >= 11 is 0. The monoisotopic (exact) mass is 416 g/mol. The molecule has 13 heteroatoms. The molecule has 13 nitrogen and oxygen atoms in total. The van der Waals surface area contributed by atoms with Crippen LogP contribution in [0.3, 0.4) is 0 Å². The van der Waals surface area contributed by atoms with E-state index >= 15 is 0 Å². The third-order valence-electron chi connectivity index (χ3n) is 3.98.